The summed E-state index contributed by atoms with van der Waals surface area (Å²) in [5, 5.41) is 13.2. The van der Waals surface area contributed by atoms with Crippen LogP contribution in [0.25, 0.3) is 0 Å². The first-order valence-corrected chi connectivity index (χ1v) is 9.79. The molecule has 1 saturated heterocycles. The number of epoxide rings is 1. The predicted molar refractivity (Wildman–Crippen MR) is 93.8 cm³/mol. The fourth-order valence-corrected chi connectivity index (χ4v) is 4.21. The average Bonchev–Trinajstić information content (AvgIpc) is 3.59. The van der Waals surface area contributed by atoms with E-state index in [1.165, 1.54) is 12.1 Å². The van der Waals surface area contributed by atoms with E-state index in [4.69, 9.17) is 9.47 Å². The van der Waals surface area contributed by atoms with Gasteiger partial charge in [0, 0.05) is 6.04 Å². The number of ether oxygens (including phenoxy) is 2. The first-order chi connectivity index (χ1) is 13.8. The highest BCUT2D eigenvalue weighted by Crippen LogP contribution is 2.48. The number of amides is 1. The minimum absolute atomic E-state index is 0.197. The Morgan fingerprint density at radius 2 is 2.00 bits per heavy atom. The quantitative estimate of drug-likeness (QED) is 0.772. The monoisotopic (exact) mass is 410 g/mol. The van der Waals surface area contributed by atoms with Gasteiger partial charge in [-0.1, -0.05) is 17.4 Å². The van der Waals surface area contributed by atoms with E-state index in [-0.39, 0.29) is 23.7 Å². The van der Waals surface area contributed by atoms with Crippen LogP contribution < -0.4 is 5.32 Å². The lowest BCUT2D eigenvalue weighted by atomic mass is 9.79. The van der Waals surface area contributed by atoms with E-state index >= 15 is 0 Å². The molecule has 156 valence electrons. The number of benzene rings is 1. The molecule has 10 heteroatoms. The van der Waals surface area contributed by atoms with Crippen LogP contribution in [0.15, 0.2) is 34.6 Å². The van der Waals surface area contributed by atoms with Crippen LogP contribution in [0.4, 0.5) is 18.0 Å². The molecule has 0 bridgehead atoms. The summed E-state index contributed by atoms with van der Waals surface area (Å²) in [6.07, 6.45) is -1.86. The van der Waals surface area contributed by atoms with Crippen molar-refractivity contribution in [1.82, 2.24) is 10.3 Å². The minimum Gasteiger partial charge on any atom is -0.444 e. The summed E-state index contributed by atoms with van der Waals surface area (Å²) >= 11 is 0. The lowest BCUT2D eigenvalue weighted by Crippen LogP contribution is -2.56. The van der Waals surface area contributed by atoms with Crippen molar-refractivity contribution in [3.05, 3.63) is 35.4 Å². The van der Waals surface area contributed by atoms with Gasteiger partial charge in [-0.3, -0.25) is 5.01 Å². The smallest absolute Gasteiger partial charge is 0.416 e. The Kier molecular flexibility index (Phi) is 4.23. The molecule has 4 aliphatic rings. The molecule has 1 spiro atoms. The molecule has 3 fully saturated rings. The number of hydrogen-bond acceptors (Lipinski definition) is 6. The van der Waals surface area contributed by atoms with E-state index in [0.717, 1.165) is 31.4 Å². The maximum Gasteiger partial charge on any atom is 0.416 e. The van der Waals surface area contributed by atoms with Gasteiger partial charge >= 0.3 is 12.3 Å². The third kappa shape index (κ3) is 3.65. The fourth-order valence-electron chi connectivity index (χ4n) is 4.21. The van der Waals surface area contributed by atoms with Crippen LogP contribution in [0, 0.1) is 0 Å². The topological polar surface area (TPSA) is 78.8 Å². The van der Waals surface area contributed by atoms with Crippen molar-refractivity contribution < 1.29 is 27.4 Å². The van der Waals surface area contributed by atoms with Crippen molar-refractivity contribution >= 4 is 6.09 Å². The summed E-state index contributed by atoms with van der Waals surface area (Å²) < 4.78 is 49.7. The summed E-state index contributed by atoms with van der Waals surface area (Å²) in [4.78, 5) is 12.1. The summed E-state index contributed by atoms with van der Waals surface area (Å²) in [6.45, 7) is 0.901. The van der Waals surface area contributed by atoms with E-state index in [9.17, 15) is 18.0 Å². The molecule has 1 aromatic rings. The first-order valence-electron chi connectivity index (χ1n) is 9.79. The van der Waals surface area contributed by atoms with Crippen LogP contribution in [0.3, 0.4) is 0 Å². The van der Waals surface area contributed by atoms with Gasteiger partial charge in [-0.05, 0) is 43.4 Å². The molecule has 2 aliphatic carbocycles. The van der Waals surface area contributed by atoms with Crippen molar-refractivity contribution in [3.63, 3.8) is 0 Å². The van der Waals surface area contributed by atoms with Gasteiger partial charge in [-0.2, -0.15) is 18.3 Å². The maximum atomic E-state index is 12.8. The highest BCUT2D eigenvalue weighted by atomic mass is 19.4. The molecule has 1 aromatic carbocycles. The molecule has 4 unspecified atom stereocenters. The third-order valence-corrected chi connectivity index (χ3v) is 6.02. The number of carbonyl (C=O) groups is 1. The molecule has 0 radical (unpaired) electrons. The number of carbonyl (C=O) groups excluding carboxylic acids is 1. The Bertz CT molecular complexity index is 821. The van der Waals surface area contributed by atoms with Crippen LogP contribution in [0.2, 0.25) is 0 Å². The van der Waals surface area contributed by atoms with Crippen LogP contribution in [0.1, 0.15) is 36.8 Å². The number of fused-ring (bicyclic) bond motifs is 2. The zero-order chi connectivity index (χ0) is 20.2. The lowest BCUT2D eigenvalue weighted by molar-refractivity contribution is -0.137. The number of rotatable bonds is 4. The number of hydrogen-bond donors (Lipinski definition) is 1. The second-order valence-corrected chi connectivity index (χ2v) is 8.19. The predicted octanol–water partition coefficient (Wildman–Crippen LogP) is 3.45. The molecular weight excluding hydrogens is 389 g/mol. The Labute approximate surface area is 165 Å². The van der Waals surface area contributed by atoms with Gasteiger partial charge in [0.05, 0.1) is 18.7 Å². The minimum atomic E-state index is -4.36. The fraction of sp³-hybridized carbons (Fsp3) is 0.632. The van der Waals surface area contributed by atoms with Crippen molar-refractivity contribution in [2.24, 2.45) is 10.3 Å². The number of alkyl carbamates (subject to hydrolysis) is 1. The summed E-state index contributed by atoms with van der Waals surface area (Å²) in [5.74, 6) is 0. The first kappa shape index (κ1) is 18.7. The van der Waals surface area contributed by atoms with Crippen LogP contribution in [0.5, 0.6) is 0 Å². The Hall–Kier alpha value is -2.36. The molecule has 7 nitrogen and oxygen atoms in total. The third-order valence-electron chi connectivity index (χ3n) is 6.02. The molecule has 4 atom stereocenters. The number of halogens is 3. The molecule has 5 rings (SSSR count). The standard InChI is InChI=1S/C19H21F3N4O3/c20-19(21,22)12-3-1-11(2-4-12)9-26-16-15(24-25-26)14(7-8-18(16)10-28-18)29-17(27)23-13-5-6-13/h1-4,13-16H,5-10H2,(H,23,27). The van der Waals surface area contributed by atoms with E-state index in [1.54, 1.807) is 5.01 Å². The van der Waals surface area contributed by atoms with Gasteiger partial charge in [0.2, 0.25) is 0 Å². The van der Waals surface area contributed by atoms with Crippen LogP contribution in [-0.4, -0.2) is 47.5 Å². The van der Waals surface area contributed by atoms with E-state index < -0.39 is 23.9 Å². The van der Waals surface area contributed by atoms with E-state index in [1.807, 2.05) is 0 Å². The maximum absolute atomic E-state index is 12.8. The second kappa shape index (κ2) is 6.58. The molecule has 2 aliphatic heterocycles. The van der Waals surface area contributed by atoms with Crippen molar-refractivity contribution in [2.75, 3.05) is 6.61 Å². The Balaban J connectivity index is 1.28. The van der Waals surface area contributed by atoms with Gasteiger partial charge in [0.1, 0.15) is 23.8 Å². The number of nitrogens with one attached hydrogen (secondary N) is 1. The SMILES string of the molecule is O=C(NC1CC1)OC1CCC2(CO2)C2C1N=NN2Cc1ccc(C(F)(F)F)cc1. The Morgan fingerprint density at radius 1 is 1.28 bits per heavy atom. The van der Waals surface area contributed by atoms with Crippen molar-refractivity contribution in [1.29, 1.82) is 0 Å². The Morgan fingerprint density at radius 3 is 2.62 bits per heavy atom. The highest BCUT2D eigenvalue weighted by Gasteiger charge is 2.63. The summed E-state index contributed by atoms with van der Waals surface area (Å²) in [6, 6.07) is 4.71. The molecule has 29 heavy (non-hydrogen) atoms. The average molecular weight is 410 g/mol. The van der Waals surface area contributed by atoms with Gasteiger partial charge in [0.15, 0.2) is 0 Å². The van der Waals surface area contributed by atoms with Crippen molar-refractivity contribution in [3.8, 4) is 0 Å². The lowest BCUT2D eigenvalue weighted by Gasteiger charge is -2.38. The van der Waals surface area contributed by atoms with Gasteiger partial charge < -0.3 is 14.8 Å². The van der Waals surface area contributed by atoms with Gasteiger partial charge in [0.25, 0.3) is 0 Å². The zero-order valence-electron chi connectivity index (χ0n) is 15.6. The summed E-state index contributed by atoms with van der Waals surface area (Å²) in [7, 11) is 0. The van der Waals surface area contributed by atoms with Crippen molar-refractivity contribution in [2.45, 2.75) is 68.2 Å². The largest absolute Gasteiger partial charge is 0.444 e. The molecular formula is C19H21F3N4O3. The van der Waals surface area contributed by atoms with E-state index in [2.05, 4.69) is 15.7 Å². The van der Waals surface area contributed by atoms with Gasteiger partial charge in [-0.25, -0.2) is 4.79 Å². The number of nitrogens with zero attached hydrogens (tertiary/aromatic N) is 3. The normalized spacial score (nSPS) is 32.9. The van der Waals surface area contributed by atoms with E-state index in [0.29, 0.717) is 25.1 Å². The summed E-state index contributed by atoms with van der Waals surface area (Å²) in [5.41, 5.74) is -0.354. The van der Waals surface area contributed by atoms with Gasteiger partial charge in [-0.15, -0.1) is 0 Å². The zero-order valence-corrected chi connectivity index (χ0v) is 15.6. The second-order valence-electron chi connectivity index (χ2n) is 8.19. The molecule has 2 saturated carbocycles. The molecule has 1 amide bonds. The number of alkyl halides is 3. The molecule has 2 heterocycles. The molecule has 0 aromatic heterocycles. The molecule has 1 N–H and O–H groups in total. The van der Waals surface area contributed by atoms with Crippen LogP contribution in [-0.2, 0) is 22.2 Å². The highest BCUT2D eigenvalue weighted by molar-refractivity contribution is 5.68. The van der Waals surface area contributed by atoms with Crippen LogP contribution >= 0.6 is 0 Å².